The molecule has 24 heavy (non-hydrogen) atoms. The van der Waals surface area contributed by atoms with Gasteiger partial charge in [0, 0.05) is 13.1 Å². The maximum atomic E-state index is 12.7. The predicted molar refractivity (Wildman–Crippen MR) is 84.6 cm³/mol. The zero-order chi connectivity index (χ0) is 18.1. The minimum atomic E-state index is -4.52. The van der Waals surface area contributed by atoms with Crippen LogP contribution in [0.15, 0.2) is 18.2 Å². The fourth-order valence-corrected chi connectivity index (χ4v) is 2.72. The monoisotopic (exact) mass is 362 g/mol. The summed E-state index contributed by atoms with van der Waals surface area (Å²) in [5, 5.41) is 2.42. The molecule has 0 aliphatic heterocycles. The minimum absolute atomic E-state index is 0.0172. The van der Waals surface area contributed by atoms with Crippen molar-refractivity contribution in [3.63, 3.8) is 0 Å². The van der Waals surface area contributed by atoms with E-state index in [2.05, 4.69) is 5.32 Å². The predicted octanol–water partition coefficient (Wildman–Crippen LogP) is 3.80. The van der Waals surface area contributed by atoms with Gasteiger partial charge in [0.15, 0.2) is 0 Å². The first-order chi connectivity index (χ1) is 11.2. The lowest BCUT2D eigenvalue weighted by atomic mass is 10.2. The number of anilines is 1. The van der Waals surface area contributed by atoms with Crippen molar-refractivity contribution < 1.29 is 22.8 Å². The molecule has 8 heteroatoms. The van der Waals surface area contributed by atoms with Crippen molar-refractivity contribution in [2.45, 2.75) is 26.4 Å². The Labute approximate surface area is 143 Å². The molecular weight excluding hydrogens is 345 g/mol. The van der Waals surface area contributed by atoms with Gasteiger partial charge in [-0.25, -0.2) is 0 Å². The SMILES string of the molecule is CCN(CC)C(=O)C1CC1C(=O)Nc1cc(C(F)(F)F)ccc1Cl. The van der Waals surface area contributed by atoms with Crippen molar-refractivity contribution >= 4 is 29.1 Å². The molecule has 132 valence electrons. The number of carbonyl (C=O) groups excluding carboxylic acids is 2. The van der Waals surface area contributed by atoms with E-state index in [1.807, 2.05) is 13.8 Å². The summed E-state index contributed by atoms with van der Waals surface area (Å²) in [5.74, 6) is -1.52. The molecule has 0 radical (unpaired) electrons. The summed E-state index contributed by atoms with van der Waals surface area (Å²) in [7, 11) is 0. The smallest absolute Gasteiger partial charge is 0.343 e. The molecule has 2 amide bonds. The zero-order valence-electron chi connectivity index (χ0n) is 13.3. The van der Waals surface area contributed by atoms with E-state index in [1.165, 1.54) is 0 Å². The standard InChI is InChI=1S/C16H18ClF3N2O2/c1-3-22(4-2)15(24)11-8-10(11)14(23)21-13-7-9(16(18,19)20)5-6-12(13)17/h5-7,10-11H,3-4,8H2,1-2H3,(H,21,23). The summed E-state index contributed by atoms with van der Waals surface area (Å²) in [6.45, 7) is 4.81. The number of nitrogens with one attached hydrogen (secondary N) is 1. The van der Waals surface area contributed by atoms with Crippen molar-refractivity contribution in [1.29, 1.82) is 0 Å². The van der Waals surface area contributed by atoms with Crippen LogP contribution in [0.4, 0.5) is 18.9 Å². The van der Waals surface area contributed by atoms with Gasteiger partial charge in [0.25, 0.3) is 0 Å². The topological polar surface area (TPSA) is 49.4 Å². The Hall–Kier alpha value is -1.76. The van der Waals surface area contributed by atoms with Gasteiger partial charge >= 0.3 is 6.18 Å². The second-order valence-corrected chi connectivity index (χ2v) is 6.05. The van der Waals surface area contributed by atoms with E-state index in [0.29, 0.717) is 19.5 Å². The van der Waals surface area contributed by atoms with E-state index in [4.69, 9.17) is 11.6 Å². The van der Waals surface area contributed by atoms with Crippen LogP contribution in [0.25, 0.3) is 0 Å². The Morgan fingerprint density at radius 3 is 2.42 bits per heavy atom. The average molecular weight is 363 g/mol. The molecule has 1 aromatic rings. The van der Waals surface area contributed by atoms with Crippen LogP contribution >= 0.6 is 11.6 Å². The van der Waals surface area contributed by atoms with Gasteiger partial charge in [0.2, 0.25) is 11.8 Å². The quantitative estimate of drug-likeness (QED) is 0.866. The van der Waals surface area contributed by atoms with Crippen molar-refractivity contribution in [3.8, 4) is 0 Å². The maximum Gasteiger partial charge on any atom is 0.416 e. The van der Waals surface area contributed by atoms with Crippen molar-refractivity contribution in [1.82, 2.24) is 4.90 Å². The van der Waals surface area contributed by atoms with Crippen LogP contribution in [0.3, 0.4) is 0 Å². The molecule has 1 aliphatic rings. The summed E-state index contributed by atoms with van der Waals surface area (Å²) < 4.78 is 38.2. The lowest BCUT2D eigenvalue weighted by Crippen LogP contribution is -2.33. The Bertz CT molecular complexity index is 645. The normalized spacial score (nSPS) is 19.8. The van der Waals surface area contributed by atoms with E-state index in [1.54, 1.807) is 4.90 Å². The molecule has 0 heterocycles. The summed E-state index contributed by atoms with van der Waals surface area (Å²) in [6.07, 6.45) is -4.12. The summed E-state index contributed by atoms with van der Waals surface area (Å²) in [4.78, 5) is 26.0. The van der Waals surface area contributed by atoms with Crippen LogP contribution in [0.1, 0.15) is 25.8 Å². The van der Waals surface area contributed by atoms with Gasteiger partial charge in [0.05, 0.1) is 28.1 Å². The molecule has 1 N–H and O–H groups in total. The molecule has 0 saturated heterocycles. The Balaban J connectivity index is 2.05. The highest BCUT2D eigenvalue weighted by molar-refractivity contribution is 6.33. The molecule has 1 fully saturated rings. The molecular formula is C16H18ClF3N2O2. The third-order valence-electron chi connectivity index (χ3n) is 4.07. The highest BCUT2D eigenvalue weighted by Crippen LogP contribution is 2.41. The first-order valence-electron chi connectivity index (χ1n) is 7.65. The van der Waals surface area contributed by atoms with Crippen LogP contribution in [-0.4, -0.2) is 29.8 Å². The van der Waals surface area contributed by atoms with Crippen molar-refractivity contribution in [2.24, 2.45) is 11.8 Å². The third kappa shape index (κ3) is 4.01. The lowest BCUT2D eigenvalue weighted by Gasteiger charge is -2.18. The van der Waals surface area contributed by atoms with E-state index in [-0.39, 0.29) is 16.6 Å². The van der Waals surface area contributed by atoms with Crippen molar-refractivity contribution in [3.05, 3.63) is 28.8 Å². The summed E-state index contributed by atoms with van der Waals surface area (Å²) in [6, 6.07) is 2.73. The second-order valence-electron chi connectivity index (χ2n) is 5.64. The number of rotatable bonds is 5. The number of nitrogens with zero attached hydrogens (tertiary/aromatic N) is 1. The van der Waals surface area contributed by atoms with E-state index in [0.717, 1.165) is 18.2 Å². The van der Waals surface area contributed by atoms with Crippen LogP contribution < -0.4 is 5.32 Å². The van der Waals surface area contributed by atoms with Gasteiger partial charge in [-0.2, -0.15) is 13.2 Å². The molecule has 0 spiro atoms. The molecule has 0 aromatic heterocycles. The number of amides is 2. The van der Waals surface area contributed by atoms with E-state index >= 15 is 0 Å². The summed E-state index contributed by atoms with van der Waals surface area (Å²) >= 11 is 5.85. The van der Waals surface area contributed by atoms with Crippen LogP contribution in [0.2, 0.25) is 5.02 Å². The van der Waals surface area contributed by atoms with E-state index < -0.39 is 29.5 Å². The van der Waals surface area contributed by atoms with Gasteiger partial charge in [-0.1, -0.05) is 11.6 Å². The maximum absolute atomic E-state index is 12.7. The number of carbonyl (C=O) groups is 2. The highest BCUT2D eigenvalue weighted by atomic mass is 35.5. The first kappa shape index (κ1) is 18.6. The summed E-state index contributed by atoms with van der Waals surface area (Å²) in [5.41, 5.74) is -0.994. The molecule has 1 aromatic carbocycles. The van der Waals surface area contributed by atoms with Crippen LogP contribution in [0.5, 0.6) is 0 Å². The van der Waals surface area contributed by atoms with Gasteiger partial charge in [0.1, 0.15) is 0 Å². The Morgan fingerprint density at radius 1 is 1.25 bits per heavy atom. The highest BCUT2D eigenvalue weighted by Gasteiger charge is 2.49. The van der Waals surface area contributed by atoms with Gasteiger partial charge in [-0.15, -0.1) is 0 Å². The molecule has 2 rings (SSSR count). The Kier molecular flexibility index (Phi) is 5.42. The van der Waals surface area contributed by atoms with Gasteiger partial charge in [-0.05, 0) is 38.5 Å². The third-order valence-corrected chi connectivity index (χ3v) is 4.40. The molecule has 4 nitrogen and oxygen atoms in total. The molecule has 2 atom stereocenters. The molecule has 1 saturated carbocycles. The Morgan fingerprint density at radius 2 is 1.88 bits per heavy atom. The van der Waals surface area contributed by atoms with Crippen LogP contribution in [0, 0.1) is 11.8 Å². The largest absolute Gasteiger partial charge is 0.416 e. The number of benzene rings is 1. The zero-order valence-corrected chi connectivity index (χ0v) is 14.0. The van der Waals surface area contributed by atoms with Crippen molar-refractivity contribution in [2.75, 3.05) is 18.4 Å². The number of hydrogen-bond acceptors (Lipinski definition) is 2. The molecule has 1 aliphatic carbocycles. The average Bonchev–Trinajstić information content (AvgIpc) is 3.30. The van der Waals surface area contributed by atoms with Gasteiger partial charge in [-0.3, -0.25) is 9.59 Å². The molecule has 0 bridgehead atoms. The number of halogens is 4. The van der Waals surface area contributed by atoms with Gasteiger partial charge < -0.3 is 10.2 Å². The minimum Gasteiger partial charge on any atom is -0.343 e. The second kappa shape index (κ2) is 7.01. The fraction of sp³-hybridized carbons (Fsp3) is 0.500. The lowest BCUT2D eigenvalue weighted by molar-refractivity contribution is -0.137. The first-order valence-corrected chi connectivity index (χ1v) is 8.03. The number of alkyl halides is 3. The molecule has 2 unspecified atom stereocenters. The van der Waals surface area contributed by atoms with E-state index in [9.17, 15) is 22.8 Å². The number of hydrogen-bond donors (Lipinski definition) is 1. The van der Waals surface area contributed by atoms with Crippen LogP contribution in [-0.2, 0) is 15.8 Å². The fourth-order valence-electron chi connectivity index (χ4n) is 2.55.